The van der Waals surface area contributed by atoms with Gasteiger partial charge < -0.3 is 9.47 Å². The summed E-state index contributed by atoms with van der Waals surface area (Å²) < 4.78 is 3.28. The molecular weight excluding hydrogens is 344 g/mol. The highest BCUT2D eigenvalue weighted by molar-refractivity contribution is 5.76. The van der Waals surface area contributed by atoms with Gasteiger partial charge in [0.1, 0.15) is 6.54 Å². The summed E-state index contributed by atoms with van der Waals surface area (Å²) in [6.45, 7) is 4.65. The van der Waals surface area contributed by atoms with Crippen LogP contribution < -0.4 is 5.56 Å². The van der Waals surface area contributed by atoms with Crippen molar-refractivity contribution in [1.82, 2.24) is 29.4 Å². The summed E-state index contributed by atoms with van der Waals surface area (Å²) in [5, 5.41) is 12.8. The highest BCUT2D eigenvalue weighted by Crippen LogP contribution is 2.27. The first kappa shape index (κ1) is 17.1. The minimum Gasteiger partial charge on any atom is -0.331 e. The lowest BCUT2D eigenvalue weighted by molar-refractivity contribution is -0.134. The number of amides is 1. The van der Waals surface area contributed by atoms with Crippen molar-refractivity contribution in [2.75, 3.05) is 6.54 Å². The monoisotopic (exact) mass is 364 g/mol. The van der Waals surface area contributed by atoms with E-state index in [0.717, 1.165) is 17.2 Å². The minimum absolute atomic E-state index is 0.0325. The molecule has 0 spiro atoms. The van der Waals surface area contributed by atoms with Crippen molar-refractivity contribution in [3.63, 3.8) is 0 Å². The van der Waals surface area contributed by atoms with Gasteiger partial charge in [-0.05, 0) is 19.9 Å². The molecule has 0 aliphatic carbocycles. The summed E-state index contributed by atoms with van der Waals surface area (Å²) in [5.41, 5.74) is 1.41. The SMILES string of the molecule is Cc1ccc(=O)n(CC(=O)N2Cc3nnc(-c4ccccc4)n3[C@@H](C)C2)n1. The second kappa shape index (κ2) is 6.79. The Kier molecular flexibility index (Phi) is 4.31. The molecule has 0 fully saturated rings. The molecular formula is C19H20N6O2. The van der Waals surface area contributed by atoms with Crippen LogP contribution in [0.4, 0.5) is 0 Å². The van der Waals surface area contributed by atoms with Gasteiger partial charge in [-0.15, -0.1) is 10.2 Å². The summed E-state index contributed by atoms with van der Waals surface area (Å²) in [4.78, 5) is 26.4. The fourth-order valence-electron chi connectivity index (χ4n) is 3.40. The van der Waals surface area contributed by atoms with Crippen LogP contribution in [0.15, 0.2) is 47.3 Å². The third kappa shape index (κ3) is 3.25. The molecule has 3 aromatic rings. The first-order valence-electron chi connectivity index (χ1n) is 8.84. The van der Waals surface area contributed by atoms with Crippen molar-refractivity contribution in [2.45, 2.75) is 33.0 Å². The fourth-order valence-corrected chi connectivity index (χ4v) is 3.40. The van der Waals surface area contributed by atoms with Crippen molar-refractivity contribution >= 4 is 5.91 Å². The summed E-state index contributed by atoms with van der Waals surface area (Å²) in [7, 11) is 0. The average molecular weight is 364 g/mol. The van der Waals surface area contributed by atoms with E-state index < -0.39 is 0 Å². The van der Waals surface area contributed by atoms with Crippen molar-refractivity contribution in [1.29, 1.82) is 0 Å². The van der Waals surface area contributed by atoms with Gasteiger partial charge in [-0.25, -0.2) is 4.68 Å². The molecule has 3 heterocycles. The van der Waals surface area contributed by atoms with Gasteiger partial charge in [-0.3, -0.25) is 9.59 Å². The second-order valence-corrected chi connectivity index (χ2v) is 6.77. The lowest BCUT2D eigenvalue weighted by Gasteiger charge is -2.32. The Labute approximate surface area is 156 Å². The summed E-state index contributed by atoms with van der Waals surface area (Å²) in [5.74, 6) is 1.39. The molecule has 0 saturated heterocycles. The molecule has 4 rings (SSSR count). The highest BCUT2D eigenvalue weighted by atomic mass is 16.2. The number of hydrogen-bond donors (Lipinski definition) is 0. The van der Waals surface area contributed by atoms with E-state index in [-0.39, 0.29) is 24.1 Å². The Bertz CT molecular complexity index is 1040. The molecule has 1 aromatic carbocycles. The van der Waals surface area contributed by atoms with E-state index in [1.165, 1.54) is 10.7 Å². The number of nitrogens with zero attached hydrogens (tertiary/aromatic N) is 6. The first-order valence-corrected chi connectivity index (χ1v) is 8.84. The zero-order valence-corrected chi connectivity index (χ0v) is 15.2. The lowest BCUT2D eigenvalue weighted by Crippen LogP contribution is -2.43. The molecule has 2 aromatic heterocycles. The van der Waals surface area contributed by atoms with Gasteiger partial charge in [0, 0.05) is 18.2 Å². The minimum atomic E-state index is -0.284. The van der Waals surface area contributed by atoms with Crippen LogP contribution in [0.25, 0.3) is 11.4 Å². The quantitative estimate of drug-likeness (QED) is 0.701. The molecule has 1 amide bonds. The normalized spacial score (nSPS) is 16.2. The van der Waals surface area contributed by atoms with Crippen LogP contribution in [0.2, 0.25) is 0 Å². The Morgan fingerprint density at radius 3 is 2.70 bits per heavy atom. The number of aryl methyl sites for hydroxylation is 1. The van der Waals surface area contributed by atoms with E-state index in [0.29, 0.717) is 18.8 Å². The zero-order chi connectivity index (χ0) is 19.0. The molecule has 138 valence electrons. The lowest BCUT2D eigenvalue weighted by atomic mass is 10.1. The van der Waals surface area contributed by atoms with Crippen LogP contribution in [-0.4, -0.2) is 41.9 Å². The number of carbonyl (C=O) groups is 1. The summed E-state index contributed by atoms with van der Waals surface area (Å²) >= 11 is 0. The Morgan fingerprint density at radius 1 is 1.15 bits per heavy atom. The van der Waals surface area contributed by atoms with Crippen molar-refractivity contribution in [3.8, 4) is 11.4 Å². The van der Waals surface area contributed by atoms with E-state index in [9.17, 15) is 9.59 Å². The number of hydrogen-bond acceptors (Lipinski definition) is 5. The van der Waals surface area contributed by atoms with Crippen LogP contribution in [0.3, 0.4) is 0 Å². The molecule has 8 heteroatoms. The molecule has 0 saturated carbocycles. The Morgan fingerprint density at radius 2 is 1.93 bits per heavy atom. The maximum Gasteiger partial charge on any atom is 0.267 e. The molecule has 1 atom stereocenters. The Balaban J connectivity index is 1.57. The predicted octanol–water partition coefficient (Wildman–Crippen LogP) is 1.41. The summed E-state index contributed by atoms with van der Waals surface area (Å²) in [6.07, 6.45) is 0. The average Bonchev–Trinajstić information content (AvgIpc) is 3.10. The molecule has 27 heavy (non-hydrogen) atoms. The van der Waals surface area contributed by atoms with Crippen molar-refractivity contribution in [2.24, 2.45) is 0 Å². The fraction of sp³-hybridized carbons (Fsp3) is 0.316. The van der Waals surface area contributed by atoms with Gasteiger partial charge in [0.25, 0.3) is 5.56 Å². The van der Waals surface area contributed by atoms with Gasteiger partial charge in [0.15, 0.2) is 11.6 Å². The number of benzene rings is 1. The highest BCUT2D eigenvalue weighted by Gasteiger charge is 2.29. The first-order chi connectivity index (χ1) is 13.0. The van der Waals surface area contributed by atoms with Crippen LogP contribution >= 0.6 is 0 Å². The van der Waals surface area contributed by atoms with Gasteiger partial charge in [-0.2, -0.15) is 5.10 Å². The molecule has 8 nitrogen and oxygen atoms in total. The standard InChI is InChI=1S/C19H20N6O2/c1-13-8-9-17(26)24(22-13)12-18(27)23-10-14(2)25-16(11-23)20-21-19(25)15-6-4-3-5-7-15/h3-9,14H,10-12H2,1-2H3/t14-/m0/s1. The van der Waals surface area contributed by atoms with Gasteiger partial charge in [0.2, 0.25) is 5.91 Å². The zero-order valence-electron chi connectivity index (χ0n) is 15.2. The maximum absolute atomic E-state index is 12.7. The van der Waals surface area contributed by atoms with Crippen LogP contribution in [0.5, 0.6) is 0 Å². The Hall–Kier alpha value is -3.29. The third-order valence-electron chi connectivity index (χ3n) is 4.69. The van der Waals surface area contributed by atoms with E-state index in [1.807, 2.05) is 37.3 Å². The largest absolute Gasteiger partial charge is 0.331 e. The number of aromatic nitrogens is 5. The summed E-state index contributed by atoms with van der Waals surface area (Å²) in [6, 6.07) is 13.0. The third-order valence-corrected chi connectivity index (χ3v) is 4.69. The van der Waals surface area contributed by atoms with E-state index in [4.69, 9.17) is 0 Å². The van der Waals surface area contributed by atoms with E-state index >= 15 is 0 Å². The van der Waals surface area contributed by atoms with Crippen LogP contribution in [-0.2, 0) is 17.9 Å². The van der Waals surface area contributed by atoms with Crippen LogP contribution in [0, 0.1) is 6.92 Å². The van der Waals surface area contributed by atoms with Crippen LogP contribution in [0.1, 0.15) is 24.5 Å². The molecule has 0 unspecified atom stereocenters. The molecule has 1 aliphatic heterocycles. The smallest absolute Gasteiger partial charge is 0.267 e. The maximum atomic E-state index is 12.7. The second-order valence-electron chi connectivity index (χ2n) is 6.77. The predicted molar refractivity (Wildman–Crippen MR) is 98.8 cm³/mol. The molecule has 0 bridgehead atoms. The number of fused-ring (bicyclic) bond motifs is 1. The van der Waals surface area contributed by atoms with Crippen molar-refractivity contribution in [3.05, 3.63) is 64.3 Å². The topological polar surface area (TPSA) is 85.9 Å². The van der Waals surface area contributed by atoms with E-state index in [2.05, 4.69) is 19.9 Å². The van der Waals surface area contributed by atoms with Gasteiger partial charge in [0.05, 0.1) is 18.3 Å². The molecule has 0 radical (unpaired) electrons. The molecule has 1 aliphatic rings. The number of carbonyl (C=O) groups excluding carboxylic acids is 1. The van der Waals surface area contributed by atoms with E-state index in [1.54, 1.807) is 17.9 Å². The molecule has 0 N–H and O–H groups in total. The van der Waals surface area contributed by atoms with Gasteiger partial charge >= 0.3 is 0 Å². The van der Waals surface area contributed by atoms with Gasteiger partial charge in [-0.1, -0.05) is 30.3 Å². The number of rotatable bonds is 3. The van der Waals surface area contributed by atoms with Crippen molar-refractivity contribution < 1.29 is 4.79 Å².